The fourth-order valence-electron chi connectivity index (χ4n) is 4.44. The molecule has 0 radical (unpaired) electrons. The van der Waals surface area contributed by atoms with Gasteiger partial charge in [-0.15, -0.1) is 11.3 Å². The summed E-state index contributed by atoms with van der Waals surface area (Å²) in [5, 5.41) is 10.6. The van der Waals surface area contributed by atoms with Crippen LogP contribution >= 0.6 is 11.3 Å². The van der Waals surface area contributed by atoms with E-state index in [-0.39, 0.29) is 11.7 Å². The lowest BCUT2D eigenvalue weighted by Gasteiger charge is -2.32. The number of anilines is 1. The number of carbonyl (C=O) groups excluding carboxylic acids is 1. The van der Waals surface area contributed by atoms with Crippen LogP contribution in [-0.4, -0.2) is 15.6 Å². The molecule has 1 atom stereocenters. The molecule has 0 saturated heterocycles. The molecule has 0 amide bonds. The quantitative estimate of drug-likeness (QED) is 0.636. The van der Waals surface area contributed by atoms with Crippen LogP contribution < -0.4 is 5.32 Å². The summed E-state index contributed by atoms with van der Waals surface area (Å²) in [7, 11) is 0. The highest BCUT2D eigenvalue weighted by molar-refractivity contribution is 7.10. The van der Waals surface area contributed by atoms with E-state index in [1.807, 2.05) is 4.68 Å². The van der Waals surface area contributed by atoms with Crippen molar-refractivity contribution < 1.29 is 4.79 Å². The van der Waals surface area contributed by atoms with Crippen molar-refractivity contribution in [2.45, 2.75) is 46.0 Å². The molecular weight excluding hydrogens is 366 g/mol. The Hall–Kier alpha value is -2.66. The number of benzene rings is 1. The molecule has 2 aliphatic rings. The third kappa shape index (κ3) is 2.57. The normalized spacial score (nSPS) is 18.7. The van der Waals surface area contributed by atoms with Gasteiger partial charge in [0.2, 0.25) is 0 Å². The van der Waals surface area contributed by atoms with Gasteiger partial charge in [0.15, 0.2) is 5.78 Å². The number of carbonyl (C=O) groups is 1. The van der Waals surface area contributed by atoms with E-state index in [1.165, 1.54) is 16.0 Å². The Morgan fingerprint density at radius 2 is 1.89 bits per heavy atom. The predicted molar refractivity (Wildman–Crippen MR) is 113 cm³/mol. The fourth-order valence-corrected chi connectivity index (χ4v) is 5.48. The van der Waals surface area contributed by atoms with Gasteiger partial charge in [0, 0.05) is 28.1 Å². The Morgan fingerprint density at radius 1 is 1.11 bits per heavy atom. The van der Waals surface area contributed by atoms with E-state index in [0.29, 0.717) is 6.42 Å². The Labute approximate surface area is 168 Å². The van der Waals surface area contributed by atoms with Gasteiger partial charge in [-0.05, 0) is 62.8 Å². The van der Waals surface area contributed by atoms with Gasteiger partial charge in [-0.2, -0.15) is 5.10 Å². The largest absolute Gasteiger partial charge is 0.343 e. The van der Waals surface area contributed by atoms with E-state index in [9.17, 15) is 4.79 Å². The van der Waals surface area contributed by atoms with Gasteiger partial charge in [0.1, 0.15) is 5.82 Å². The van der Waals surface area contributed by atoms with Crippen molar-refractivity contribution in [3.8, 4) is 5.69 Å². The predicted octanol–water partition coefficient (Wildman–Crippen LogP) is 5.42. The Balaban J connectivity index is 1.76. The van der Waals surface area contributed by atoms with E-state index < -0.39 is 0 Å². The summed E-state index contributed by atoms with van der Waals surface area (Å²) in [6.45, 7) is 6.28. The molecule has 0 unspecified atom stereocenters. The maximum absolute atomic E-state index is 13.0. The molecule has 0 spiro atoms. The van der Waals surface area contributed by atoms with Gasteiger partial charge in [0.05, 0.1) is 17.3 Å². The number of allylic oxidation sites excluding steroid dienone is 2. The van der Waals surface area contributed by atoms with E-state index >= 15 is 0 Å². The molecule has 1 N–H and O–H groups in total. The van der Waals surface area contributed by atoms with Crippen molar-refractivity contribution in [2.24, 2.45) is 0 Å². The SMILES string of the molecule is Cc1ccc(-n2nc(C)c3c2NC2=C(C(=O)CCC2)[C@@H]3c2sccc2C)cc1. The first-order valence-corrected chi connectivity index (χ1v) is 10.7. The number of nitrogens with one attached hydrogen (secondary N) is 1. The first-order valence-electron chi connectivity index (χ1n) is 9.78. The summed E-state index contributed by atoms with van der Waals surface area (Å²) in [4.78, 5) is 14.2. The summed E-state index contributed by atoms with van der Waals surface area (Å²) in [6.07, 6.45) is 2.47. The van der Waals surface area contributed by atoms with Gasteiger partial charge in [-0.3, -0.25) is 4.79 Å². The van der Waals surface area contributed by atoms with Crippen LogP contribution in [0.5, 0.6) is 0 Å². The maximum atomic E-state index is 13.0. The topological polar surface area (TPSA) is 46.9 Å². The molecule has 142 valence electrons. The summed E-state index contributed by atoms with van der Waals surface area (Å²) >= 11 is 1.74. The lowest BCUT2D eigenvalue weighted by molar-refractivity contribution is -0.116. The molecule has 1 aliphatic heterocycles. The number of hydrogen-bond donors (Lipinski definition) is 1. The molecule has 3 heterocycles. The van der Waals surface area contributed by atoms with Crippen molar-refractivity contribution >= 4 is 22.9 Å². The molecule has 4 nitrogen and oxygen atoms in total. The van der Waals surface area contributed by atoms with Crippen LogP contribution in [-0.2, 0) is 4.79 Å². The van der Waals surface area contributed by atoms with Crippen molar-refractivity contribution in [2.75, 3.05) is 5.32 Å². The number of nitrogens with zero attached hydrogens (tertiary/aromatic N) is 2. The molecule has 28 heavy (non-hydrogen) atoms. The molecule has 0 fully saturated rings. The number of aryl methyl sites for hydroxylation is 3. The molecule has 0 bridgehead atoms. The number of thiophene rings is 1. The second-order valence-corrected chi connectivity index (χ2v) is 8.74. The maximum Gasteiger partial charge on any atom is 0.161 e. The summed E-state index contributed by atoms with van der Waals surface area (Å²) in [5.41, 5.74) is 7.66. The molecule has 1 aliphatic carbocycles. The van der Waals surface area contributed by atoms with Crippen LogP contribution in [0.15, 0.2) is 47.0 Å². The number of aromatic nitrogens is 2. The average molecular weight is 390 g/mol. The minimum absolute atomic E-state index is 0.0155. The van der Waals surface area contributed by atoms with Gasteiger partial charge in [-0.1, -0.05) is 17.7 Å². The number of ketones is 1. The second kappa shape index (κ2) is 6.45. The number of rotatable bonds is 2. The smallest absolute Gasteiger partial charge is 0.161 e. The van der Waals surface area contributed by atoms with Gasteiger partial charge < -0.3 is 5.32 Å². The Bertz CT molecular complexity index is 1120. The van der Waals surface area contributed by atoms with Crippen molar-refractivity contribution in [3.63, 3.8) is 0 Å². The molecule has 1 aromatic carbocycles. The third-order valence-electron chi connectivity index (χ3n) is 5.85. The lowest BCUT2D eigenvalue weighted by Crippen LogP contribution is -2.27. The zero-order valence-corrected chi connectivity index (χ0v) is 17.2. The van der Waals surface area contributed by atoms with E-state index in [4.69, 9.17) is 5.10 Å². The Morgan fingerprint density at radius 3 is 2.61 bits per heavy atom. The number of Topliss-reactive ketones (excluding diaryl/α,β-unsaturated/α-hetero) is 1. The van der Waals surface area contributed by atoms with Crippen LogP contribution in [0.3, 0.4) is 0 Å². The van der Waals surface area contributed by atoms with E-state index in [1.54, 1.807) is 11.3 Å². The van der Waals surface area contributed by atoms with Crippen molar-refractivity contribution in [1.82, 2.24) is 9.78 Å². The highest BCUT2D eigenvalue weighted by atomic mass is 32.1. The molecule has 5 rings (SSSR count). The minimum Gasteiger partial charge on any atom is -0.343 e. The molecule has 5 heteroatoms. The van der Waals surface area contributed by atoms with E-state index in [2.05, 4.69) is 61.8 Å². The molecule has 0 saturated carbocycles. The first kappa shape index (κ1) is 17.4. The second-order valence-electron chi connectivity index (χ2n) is 7.79. The zero-order valence-electron chi connectivity index (χ0n) is 16.4. The first-order chi connectivity index (χ1) is 13.5. The van der Waals surface area contributed by atoms with Crippen molar-refractivity contribution in [3.05, 3.63) is 74.2 Å². The van der Waals surface area contributed by atoms with Gasteiger partial charge >= 0.3 is 0 Å². The Kier molecular flexibility index (Phi) is 4.02. The summed E-state index contributed by atoms with van der Waals surface area (Å²) in [6, 6.07) is 10.6. The van der Waals surface area contributed by atoms with Crippen molar-refractivity contribution in [1.29, 1.82) is 0 Å². The average Bonchev–Trinajstić information content (AvgIpc) is 3.25. The number of hydrogen-bond acceptors (Lipinski definition) is 4. The minimum atomic E-state index is -0.0155. The highest BCUT2D eigenvalue weighted by Gasteiger charge is 2.39. The highest BCUT2D eigenvalue weighted by Crippen LogP contribution is 2.49. The monoisotopic (exact) mass is 389 g/mol. The summed E-state index contributed by atoms with van der Waals surface area (Å²) < 4.78 is 2.00. The van der Waals surface area contributed by atoms with Crippen LogP contribution in [0.1, 0.15) is 52.4 Å². The molecular formula is C23H23N3OS. The van der Waals surface area contributed by atoms with Gasteiger partial charge in [0.25, 0.3) is 0 Å². The lowest BCUT2D eigenvalue weighted by atomic mass is 9.78. The van der Waals surface area contributed by atoms with E-state index in [0.717, 1.165) is 46.9 Å². The fraction of sp³-hybridized carbons (Fsp3) is 0.304. The number of fused-ring (bicyclic) bond motifs is 1. The third-order valence-corrected chi connectivity index (χ3v) is 6.94. The van der Waals surface area contributed by atoms with Crippen LogP contribution in [0.4, 0.5) is 5.82 Å². The van der Waals surface area contributed by atoms with Crippen LogP contribution in [0.2, 0.25) is 0 Å². The summed E-state index contributed by atoms with van der Waals surface area (Å²) in [5.74, 6) is 1.27. The molecule has 2 aromatic heterocycles. The van der Waals surface area contributed by atoms with Gasteiger partial charge in [-0.25, -0.2) is 4.68 Å². The zero-order chi connectivity index (χ0) is 19.4. The standard InChI is InChI=1S/C23H23N3OS/c1-13-7-9-16(10-8-13)26-23-19(15(3)25-26)21(22-14(2)11-12-28-22)20-17(24-23)5-4-6-18(20)27/h7-12,21,24H,4-6H2,1-3H3/t21-/m1/s1. The van der Waals surface area contributed by atoms with Crippen LogP contribution in [0, 0.1) is 20.8 Å². The molecule has 3 aromatic rings. The van der Waals surface area contributed by atoms with Crippen LogP contribution in [0.25, 0.3) is 5.69 Å².